The van der Waals surface area contributed by atoms with Crippen LogP contribution >= 0.6 is 11.6 Å². The van der Waals surface area contributed by atoms with E-state index in [0.29, 0.717) is 5.92 Å². The van der Waals surface area contributed by atoms with Crippen molar-refractivity contribution in [2.45, 2.75) is 51.3 Å². The number of hydrogen-bond donors (Lipinski definition) is 0. The van der Waals surface area contributed by atoms with Gasteiger partial charge in [-0.2, -0.15) is 0 Å². The van der Waals surface area contributed by atoms with Crippen LogP contribution in [-0.4, -0.2) is 0 Å². The standard InChI is InChI=1S/C16H23Cl/c1-5-16(3,4)13-8-6-12(7-9-13)15(17)14-10-11(14)2/h6-9,11,14-15H,5,10H2,1-4H3. The molecule has 17 heavy (non-hydrogen) atoms. The van der Waals surface area contributed by atoms with Crippen LogP contribution in [0.1, 0.15) is 57.0 Å². The van der Waals surface area contributed by atoms with Crippen molar-refractivity contribution >= 4 is 11.6 Å². The molecule has 0 aliphatic heterocycles. The lowest BCUT2D eigenvalue weighted by Gasteiger charge is -2.23. The SMILES string of the molecule is CCC(C)(C)c1ccc(C(Cl)C2CC2C)cc1. The van der Waals surface area contributed by atoms with Crippen LogP contribution in [0.3, 0.4) is 0 Å². The molecule has 1 aliphatic carbocycles. The maximum Gasteiger partial charge on any atom is 0.0616 e. The molecule has 1 aliphatic rings. The van der Waals surface area contributed by atoms with Crippen LogP contribution in [0.15, 0.2) is 24.3 Å². The third-order valence-corrected chi connectivity index (χ3v) is 5.02. The van der Waals surface area contributed by atoms with Crippen LogP contribution in [0, 0.1) is 11.8 Å². The van der Waals surface area contributed by atoms with Gasteiger partial charge in [-0.25, -0.2) is 0 Å². The van der Waals surface area contributed by atoms with Crippen LogP contribution in [0.2, 0.25) is 0 Å². The summed E-state index contributed by atoms with van der Waals surface area (Å²) in [5.74, 6) is 1.51. The predicted octanol–water partition coefficient (Wildman–Crippen LogP) is 5.31. The van der Waals surface area contributed by atoms with Gasteiger partial charge in [-0.05, 0) is 41.2 Å². The van der Waals surface area contributed by atoms with Gasteiger partial charge in [-0.3, -0.25) is 0 Å². The molecule has 0 heterocycles. The molecule has 0 radical (unpaired) electrons. The Morgan fingerprint density at radius 1 is 1.29 bits per heavy atom. The van der Waals surface area contributed by atoms with E-state index in [1.165, 1.54) is 17.5 Å². The molecule has 0 saturated heterocycles. The lowest BCUT2D eigenvalue weighted by Crippen LogP contribution is -2.15. The van der Waals surface area contributed by atoms with Crippen molar-refractivity contribution in [2.75, 3.05) is 0 Å². The smallest absolute Gasteiger partial charge is 0.0616 e. The minimum atomic E-state index is 0.212. The van der Waals surface area contributed by atoms with Gasteiger partial charge >= 0.3 is 0 Å². The molecular formula is C16H23Cl. The van der Waals surface area contributed by atoms with Gasteiger partial charge < -0.3 is 0 Å². The Morgan fingerprint density at radius 3 is 2.24 bits per heavy atom. The van der Waals surface area contributed by atoms with Gasteiger partial charge in [0.25, 0.3) is 0 Å². The van der Waals surface area contributed by atoms with Crippen LogP contribution in [0.5, 0.6) is 0 Å². The van der Waals surface area contributed by atoms with E-state index in [0.717, 1.165) is 12.3 Å². The van der Waals surface area contributed by atoms with Gasteiger partial charge in [0.1, 0.15) is 0 Å². The highest BCUT2D eigenvalue weighted by atomic mass is 35.5. The van der Waals surface area contributed by atoms with Crippen LogP contribution in [0.25, 0.3) is 0 Å². The Kier molecular flexibility index (Phi) is 3.54. The molecule has 0 N–H and O–H groups in total. The predicted molar refractivity (Wildman–Crippen MR) is 75.6 cm³/mol. The molecule has 1 heteroatoms. The molecule has 0 bridgehead atoms. The van der Waals surface area contributed by atoms with Crippen LogP contribution in [-0.2, 0) is 5.41 Å². The van der Waals surface area contributed by atoms with Gasteiger partial charge in [0.2, 0.25) is 0 Å². The summed E-state index contributed by atoms with van der Waals surface area (Å²) in [5.41, 5.74) is 2.97. The monoisotopic (exact) mass is 250 g/mol. The molecule has 1 aromatic carbocycles. The Hall–Kier alpha value is -0.490. The molecule has 94 valence electrons. The fourth-order valence-corrected chi connectivity index (χ4v) is 2.82. The summed E-state index contributed by atoms with van der Waals surface area (Å²) in [5, 5.41) is 0.212. The van der Waals surface area contributed by atoms with Gasteiger partial charge in [0.15, 0.2) is 0 Å². The molecule has 3 unspecified atom stereocenters. The summed E-state index contributed by atoms with van der Waals surface area (Å²) < 4.78 is 0. The first-order chi connectivity index (χ1) is 7.95. The van der Waals surface area contributed by atoms with Crippen molar-refractivity contribution in [3.05, 3.63) is 35.4 Å². The van der Waals surface area contributed by atoms with E-state index in [9.17, 15) is 0 Å². The Morgan fingerprint density at radius 2 is 1.82 bits per heavy atom. The van der Waals surface area contributed by atoms with E-state index in [1.54, 1.807) is 0 Å². The maximum atomic E-state index is 6.50. The zero-order valence-corrected chi connectivity index (χ0v) is 12.1. The second-order valence-corrected chi connectivity index (χ2v) is 6.61. The summed E-state index contributed by atoms with van der Waals surface area (Å²) in [6.45, 7) is 9.12. The Balaban J connectivity index is 2.13. The Bertz CT molecular complexity index is 377. The average Bonchev–Trinajstić information content (AvgIpc) is 3.05. The van der Waals surface area contributed by atoms with E-state index in [4.69, 9.17) is 11.6 Å². The highest BCUT2D eigenvalue weighted by Crippen LogP contribution is 2.50. The van der Waals surface area contributed by atoms with E-state index < -0.39 is 0 Å². The summed E-state index contributed by atoms with van der Waals surface area (Å²) >= 11 is 6.50. The third kappa shape index (κ3) is 2.68. The van der Waals surface area contributed by atoms with Crippen molar-refractivity contribution in [2.24, 2.45) is 11.8 Å². The largest absolute Gasteiger partial charge is 0.118 e. The summed E-state index contributed by atoms with van der Waals surface area (Å²) in [7, 11) is 0. The second-order valence-electron chi connectivity index (χ2n) is 6.14. The van der Waals surface area contributed by atoms with Gasteiger partial charge in [0.05, 0.1) is 5.38 Å². The quantitative estimate of drug-likeness (QED) is 0.636. The fraction of sp³-hybridized carbons (Fsp3) is 0.625. The summed E-state index contributed by atoms with van der Waals surface area (Å²) in [6, 6.07) is 8.94. The molecule has 0 nitrogen and oxygen atoms in total. The first-order valence-electron chi connectivity index (χ1n) is 6.70. The minimum Gasteiger partial charge on any atom is -0.118 e. The van der Waals surface area contributed by atoms with Crippen molar-refractivity contribution in [1.29, 1.82) is 0 Å². The summed E-state index contributed by atoms with van der Waals surface area (Å²) in [4.78, 5) is 0. The molecule has 1 aromatic rings. The van der Waals surface area contributed by atoms with Gasteiger partial charge in [-0.15, -0.1) is 11.6 Å². The van der Waals surface area contributed by atoms with Crippen molar-refractivity contribution in [3.8, 4) is 0 Å². The summed E-state index contributed by atoms with van der Waals surface area (Å²) in [6.07, 6.45) is 2.45. The number of hydrogen-bond acceptors (Lipinski definition) is 0. The second kappa shape index (κ2) is 4.65. The van der Waals surface area contributed by atoms with Crippen molar-refractivity contribution in [1.82, 2.24) is 0 Å². The zero-order valence-electron chi connectivity index (χ0n) is 11.3. The van der Waals surface area contributed by atoms with Gasteiger partial charge in [0, 0.05) is 0 Å². The molecule has 0 spiro atoms. The van der Waals surface area contributed by atoms with E-state index in [-0.39, 0.29) is 10.8 Å². The highest BCUT2D eigenvalue weighted by molar-refractivity contribution is 6.21. The molecular weight excluding hydrogens is 228 g/mol. The number of benzene rings is 1. The van der Waals surface area contributed by atoms with E-state index in [1.807, 2.05) is 0 Å². The Labute approximate surface area is 110 Å². The molecule has 1 fully saturated rings. The third-order valence-electron chi connectivity index (χ3n) is 4.44. The first-order valence-corrected chi connectivity index (χ1v) is 7.14. The van der Waals surface area contributed by atoms with Gasteiger partial charge in [-0.1, -0.05) is 52.0 Å². The maximum absolute atomic E-state index is 6.50. The zero-order chi connectivity index (χ0) is 12.6. The average molecular weight is 251 g/mol. The minimum absolute atomic E-state index is 0.212. The van der Waals surface area contributed by atoms with E-state index >= 15 is 0 Å². The molecule has 2 rings (SSSR count). The van der Waals surface area contributed by atoms with E-state index in [2.05, 4.69) is 52.0 Å². The number of alkyl halides is 1. The number of halogens is 1. The van der Waals surface area contributed by atoms with Crippen LogP contribution in [0.4, 0.5) is 0 Å². The molecule has 3 atom stereocenters. The first kappa shape index (κ1) is 13.0. The van der Waals surface area contributed by atoms with Crippen LogP contribution < -0.4 is 0 Å². The van der Waals surface area contributed by atoms with Crippen molar-refractivity contribution in [3.63, 3.8) is 0 Å². The topological polar surface area (TPSA) is 0 Å². The lowest BCUT2D eigenvalue weighted by molar-refractivity contribution is 0.506. The lowest BCUT2D eigenvalue weighted by atomic mass is 9.82. The fourth-order valence-electron chi connectivity index (χ4n) is 2.33. The van der Waals surface area contributed by atoms with Crippen molar-refractivity contribution < 1.29 is 0 Å². The number of rotatable bonds is 4. The highest BCUT2D eigenvalue weighted by Gasteiger charge is 2.39. The molecule has 0 amide bonds. The normalized spacial score (nSPS) is 25.7. The molecule has 1 saturated carbocycles. The molecule has 0 aromatic heterocycles.